The maximum absolute atomic E-state index is 12.0. The Balaban J connectivity index is 1.70. The third-order valence-electron chi connectivity index (χ3n) is 3.12. The lowest BCUT2D eigenvalue weighted by molar-refractivity contribution is -0.115. The van der Waals surface area contributed by atoms with Crippen LogP contribution >= 0.6 is 11.8 Å². The summed E-state index contributed by atoms with van der Waals surface area (Å²) in [6.07, 6.45) is 1.82. The molecule has 0 unspecified atom stereocenters. The van der Waals surface area contributed by atoms with Crippen molar-refractivity contribution in [1.29, 1.82) is 0 Å². The van der Waals surface area contributed by atoms with E-state index in [9.17, 15) is 4.79 Å². The molecule has 23 heavy (non-hydrogen) atoms. The van der Waals surface area contributed by atoms with Gasteiger partial charge in [-0.15, -0.1) is 5.10 Å². The number of amidine groups is 1. The number of rotatable bonds is 4. The summed E-state index contributed by atoms with van der Waals surface area (Å²) in [6.45, 7) is 0. The highest BCUT2D eigenvalue weighted by atomic mass is 32.2. The summed E-state index contributed by atoms with van der Waals surface area (Å²) < 4.78 is 5.12. The molecule has 1 saturated heterocycles. The lowest BCUT2D eigenvalue weighted by Crippen LogP contribution is -2.20. The summed E-state index contributed by atoms with van der Waals surface area (Å²) in [5.74, 6) is 0.629. The molecule has 1 heterocycles. The topological polar surface area (TPSA) is 62.7 Å². The van der Waals surface area contributed by atoms with Crippen molar-refractivity contribution < 1.29 is 9.53 Å². The number of hydrazone groups is 1. The number of thioether (sulfide) groups is 1. The van der Waals surface area contributed by atoms with Gasteiger partial charge in [0.25, 0.3) is 5.91 Å². The van der Waals surface area contributed by atoms with E-state index in [1.165, 1.54) is 11.8 Å². The number of carbonyl (C=O) groups is 1. The molecule has 2 aromatic rings. The molecule has 1 fully saturated rings. The second kappa shape index (κ2) is 7.02. The van der Waals surface area contributed by atoms with Crippen LogP contribution < -0.4 is 15.5 Å². The van der Waals surface area contributed by atoms with E-state index in [-0.39, 0.29) is 5.91 Å². The number of nitrogens with one attached hydrogen (secondary N) is 2. The normalized spacial score (nSPS) is 17.3. The fourth-order valence-corrected chi connectivity index (χ4v) is 2.74. The maximum Gasteiger partial charge on any atom is 0.264 e. The molecule has 0 aliphatic carbocycles. The van der Waals surface area contributed by atoms with E-state index in [0.717, 1.165) is 17.0 Å². The number of methoxy groups -OCH3 is 1. The molecule has 6 heteroatoms. The predicted molar refractivity (Wildman–Crippen MR) is 94.2 cm³/mol. The van der Waals surface area contributed by atoms with Gasteiger partial charge in [0, 0.05) is 0 Å². The molecular weight excluding hydrogens is 310 g/mol. The Kier molecular flexibility index (Phi) is 4.63. The second-order valence-corrected chi connectivity index (χ2v) is 5.76. The monoisotopic (exact) mass is 325 g/mol. The fourth-order valence-electron chi connectivity index (χ4n) is 1.96. The van der Waals surface area contributed by atoms with Gasteiger partial charge in [0.2, 0.25) is 0 Å². The van der Waals surface area contributed by atoms with Gasteiger partial charge in [0.15, 0.2) is 5.17 Å². The van der Waals surface area contributed by atoms with Crippen LogP contribution in [-0.2, 0) is 4.79 Å². The lowest BCUT2D eigenvalue weighted by Gasteiger charge is -2.00. The lowest BCUT2D eigenvalue weighted by atomic mass is 10.2. The molecule has 3 rings (SSSR count). The Labute approximate surface area is 138 Å². The maximum atomic E-state index is 12.0. The molecule has 116 valence electrons. The van der Waals surface area contributed by atoms with Gasteiger partial charge in [-0.25, -0.2) is 0 Å². The van der Waals surface area contributed by atoms with E-state index in [2.05, 4.69) is 15.8 Å². The Morgan fingerprint density at radius 1 is 1.13 bits per heavy atom. The number of carbonyl (C=O) groups excluding carboxylic acids is 1. The third-order valence-corrected chi connectivity index (χ3v) is 4.03. The number of hydrogen-bond donors (Lipinski definition) is 2. The minimum atomic E-state index is -0.153. The second-order valence-electron chi connectivity index (χ2n) is 4.73. The molecule has 0 radical (unpaired) electrons. The van der Waals surface area contributed by atoms with Gasteiger partial charge in [-0.3, -0.25) is 15.5 Å². The fraction of sp³-hybridized carbons (Fsp3) is 0.0588. The minimum Gasteiger partial charge on any atom is -0.497 e. The van der Waals surface area contributed by atoms with Crippen molar-refractivity contribution in [2.45, 2.75) is 0 Å². The SMILES string of the molecule is COc1ccc(/C=C2/S/C(=N/Nc3ccccc3)NC2=O)cc1. The van der Waals surface area contributed by atoms with E-state index < -0.39 is 0 Å². The van der Waals surface area contributed by atoms with Crippen molar-refractivity contribution in [1.82, 2.24) is 5.32 Å². The first-order valence-electron chi connectivity index (χ1n) is 6.98. The molecule has 0 saturated carbocycles. The van der Waals surface area contributed by atoms with Crippen molar-refractivity contribution in [3.8, 4) is 5.75 Å². The Bertz CT molecular complexity index is 755. The van der Waals surface area contributed by atoms with Crippen molar-refractivity contribution in [3.63, 3.8) is 0 Å². The average molecular weight is 325 g/mol. The highest BCUT2D eigenvalue weighted by Crippen LogP contribution is 2.26. The molecular formula is C17H15N3O2S. The third kappa shape index (κ3) is 3.92. The first-order chi connectivity index (χ1) is 11.2. The number of ether oxygens (including phenoxy) is 1. The van der Waals surface area contributed by atoms with Crippen LogP contribution in [0.15, 0.2) is 64.6 Å². The van der Waals surface area contributed by atoms with Gasteiger partial charge in [0.1, 0.15) is 5.75 Å². The zero-order valence-corrected chi connectivity index (χ0v) is 13.3. The largest absolute Gasteiger partial charge is 0.497 e. The van der Waals surface area contributed by atoms with Gasteiger partial charge in [-0.05, 0) is 47.7 Å². The summed E-state index contributed by atoms with van der Waals surface area (Å²) in [6, 6.07) is 17.1. The highest BCUT2D eigenvalue weighted by molar-refractivity contribution is 8.18. The van der Waals surface area contributed by atoms with Gasteiger partial charge in [0.05, 0.1) is 17.7 Å². The molecule has 1 aliphatic rings. The van der Waals surface area contributed by atoms with Gasteiger partial charge < -0.3 is 4.74 Å². The smallest absolute Gasteiger partial charge is 0.264 e. The summed E-state index contributed by atoms with van der Waals surface area (Å²) in [5, 5.41) is 7.46. The zero-order chi connectivity index (χ0) is 16.1. The van der Waals surface area contributed by atoms with Crippen molar-refractivity contribution in [3.05, 3.63) is 65.1 Å². The minimum absolute atomic E-state index is 0.153. The van der Waals surface area contributed by atoms with E-state index in [1.54, 1.807) is 7.11 Å². The van der Waals surface area contributed by atoms with E-state index in [1.807, 2.05) is 60.7 Å². The van der Waals surface area contributed by atoms with Crippen LogP contribution in [0.25, 0.3) is 6.08 Å². The molecule has 5 nitrogen and oxygen atoms in total. The number of anilines is 1. The van der Waals surface area contributed by atoms with E-state index in [0.29, 0.717) is 10.1 Å². The number of amides is 1. The van der Waals surface area contributed by atoms with Crippen molar-refractivity contribution in [2.24, 2.45) is 5.10 Å². The van der Waals surface area contributed by atoms with Crippen molar-refractivity contribution in [2.75, 3.05) is 12.5 Å². The molecule has 0 spiro atoms. The van der Waals surface area contributed by atoms with Crippen LogP contribution in [0.3, 0.4) is 0 Å². The number of nitrogens with zero attached hydrogens (tertiary/aromatic N) is 1. The predicted octanol–water partition coefficient (Wildman–Crippen LogP) is 3.28. The van der Waals surface area contributed by atoms with Crippen molar-refractivity contribution >= 4 is 34.6 Å². The summed E-state index contributed by atoms with van der Waals surface area (Å²) >= 11 is 1.30. The Hall–Kier alpha value is -2.73. The quantitative estimate of drug-likeness (QED) is 0.669. The van der Waals surface area contributed by atoms with E-state index in [4.69, 9.17) is 4.74 Å². The Morgan fingerprint density at radius 2 is 1.87 bits per heavy atom. The molecule has 2 N–H and O–H groups in total. The first kappa shape index (κ1) is 15.2. The van der Waals surface area contributed by atoms with Crippen LogP contribution in [0.1, 0.15) is 5.56 Å². The number of benzene rings is 2. The standard InChI is InChI=1S/C17H15N3O2S/c1-22-14-9-7-12(8-10-14)11-15-16(21)18-17(23-15)20-19-13-5-3-2-4-6-13/h2-11,19H,1H3,(H,18,20,21)/b15-11+. The summed E-state index contributed by atoms with van der Waals surface area (Å²) in [7, 11) is 1.62. The molecule has 1 amide bonds. The number of para-hydroxylation sites is 1. The number of hydrogen-bond acceptors (Lipinski definition) is 5. The molecule has 0 bridgehead atoms. The summed E-state index contributed by atoms with van der Waals surface area (Å²) in [4.78, 5) is 12.6. The molecule has 1 aliphatic heterocycles. The highest BCUT2D eigenvalue weighted by Gasteiger charge is 2.23. The first-order valence-corrected chi connectivity index (χ1v) is 7.80. The van der Waals surface area contributed by atoms with Crippen LogP contribution in [-0.4, -0.2) is 18.2 Å². The van der Waals surface area contributed by atoms with E-state index >= 15 is 0 Å². The van der Waals surface area contributed by atoms with Gasteiger partial charge in [-0.2, -0.15) is 0 Å². The van der Waals surface area contributed by atoms with Crippen LogP contribution in [0.2, 0.25) is 0 Å². The van der Waals surface area contributed by atoms with Crippen LogP contribution in [0.5, 0.6) is 5.75 Å². The molecule has 0 atom stereocenters. The zero-order valence-electron chi connectivity index (χ0n) is 12.4. The molecule has 2 aromatic carbocycles. The van der Waals surface area contributed by atoms with Gasteiger partial charge in [-0.1, -0.05) is 30.3 Å². The Morgan fingerprint density at radius 3 is 2.57 bits per heavy atom. The molecule has 0 aromatic heterocycles. The average Bonchev–Trinajstić information content (AvgIpc) is 2.94. The van der Waals surface area contributed by atoms with Crippen LogP contribution in [0, 0.1) is 0 Å². The van der Waals surface area contributed by atoms with Gasteiger partial charge >= 0.3 is 0 Å². The summed E-state index contributed by atoms with van der Waals surface area (Å²) in [5.41, 5.74) is 4.71. The van der Waals surface area contributed by atoms with Crippen LogP contribution in [0.4, 0.5) is 5.69 Å².